The van der Waals surface area contributed by atoms with E-state index in [0.29, 0.717) is 30.8 Å². The van der Waals surface area contributed by atoms with E-state index in [1.807, 2.05) is 6.08 Å². The first-order chi connectivity index (χ1) is 17.9. The summed E-state index contributed by atoms with van der Waals surface area (Å²) >= 11 is 0. The predicted octanol–water partition coefficient (Wildman–Crippen LogP) is 3.52. The first kappa shape index (κ1) is 29.2. The van der Waals surface area contributed by atoms with Crippen LogP contribution < -0.4 is 15.8 Å². The maximum Gasteiger partial charge on any atom is 0.295 e. The van der Waals surface area contributed by atoms with Gasteiger partial charge in [0.25, 0.3) is 5.56 Å². The fourth-order valence-corrected chi connectivity index (χ4v) is 7.13. The minimum Gasteiger partial charge on any atom is -0.361 e. The minimum atomic E-state index is -3.06. The number of halogens is 1. The summed E-state index contributed by atoms with van der Waals surface area (Å²) in [4.78, 5) is 19.7. The lowest BCUT2D eigenvalue weighted by molar-refractivity contribution is 0.0844. The molecule has 1 aliphatic heterocycles. The van der Waals surface area contributed by atoms with Crippen molar-refractivity contribution in [2.75, 3.05) is 42.6 Å². The largest absolute Gasteiger partial charge is 0.361 e. The summed E-state index contributed by atoms with van der Waals surface area (Å²) in [7, 11) is -4.30. The van der Waals surface area contributed by atoms with Crippen LogP contribution in [0.25, 0.3) is 0 Å². The Hall–Kier alpha value is -1.82. The van der Waals surface area contributed by atoms with E-state index in [2.05, 4.69) is 36.9 Å². The zero-order valence-corrected chi connectivity index (χ0v) is 25.0. The SMILES string of the molecule is CC1([C@@H]2C[C@H]2NCCCc2cn(COCC[Si](C)(C)C)c(=O)c(N3CCS(=O)(=O)CC3)n2)C=CC(F)=CC1. The van der Waals surface area contributed by atoms with Gasteiger partial charge in [0.05, 0.1) is 17.2 Å². The topological polar surface area (TPSA) is 93.5 Å². The normalized spacial score (nSPS) is 26.9. The van der Waals surface area contributed by atoms with Crippen LogP contribution in [0, 0.1) is 11.3 Å². The summed E-state index contributed by atoms with van der Waals surface area (Å²) in [6.07, 6.45) is 10.5. The second kappa shape index (κ2) is 11.7. The molecule has 212 valence electrons. The first-order valence-electron chi connectivity index (χ1n) is 13.8. The molecule has 1 saturated carbocycles. The number of aryl methyl sites for hydroxylation is 1. The van der Waals surface area contributed by atoms with E-state index < -0.39 is 17.9 Å². The van der Waals surface area contributed by atoms with Gasteiger partial charge < -0.3 is 15.0 Å². The van der Waals surface area contributed by atoms with E-state index in [1.165, 1.54) is 0 Å². The van der Waals surface area contributed by atoms with Crippen LogP contribution in [0.5, 0.6) is 0 Å². The van der Waals surface area contributed by atoms with E-state index in [1.54, 1.807) is 27.8 Å². The molecule has 1 aromatic heterocycles. The zero-order chi connectivity index (χ0) is 27.6. The molecule has 1 N–H and O–H groups in total. The van der Waals surface area contributed by atoms with Gasteiger partial charge in [0.2, 0.25) is 0 Å². The number of nitrogens with zero attached hydrogens (tertiary/aromatic N) is 3. The summed E-state index contributed by atoms with van der Waals surface area (Å²) in [5.41, 5.74) is 0.578. The first-order valence-corrected chi connectivity index (χ1v) is 19.3. The Bertz CT molecular complexity index is 1210. The average Bonchev–Trinajstić information content (AvgIpc) is 3.63. The Morgan fingerprint density at radius 2 is 2.00 bits per heavy atom. The quantitative estimate of drug-likeness (QED) is 0.306. The van der Waals surface area contributed by atoms with Crippen LogP contribution in [-0.4, -0.2) is 69.8 Å². The lowest BCUT2D eigenvalue weighted by Gasteiger charge is -2.28. The predicted molar refractivity (Wildman–Crippen MR) is 153 cm³/mol. The molecule has 2 heterocycles. The molecule has 3 atom stereocenters. The standard InChI is InChI=1S/C27H43FN4O4SSi/c1-27(9-7-21(28)8-10-27)23-18-24(23)29-11-5-6-22-19-32(20-36-14-17-38(2,3)4)26(33)25(30-22)31-12-15-37(34,35)16-13-31/h7-9,19,23-24,29H,5-6,10-18,20H2,1-4H3/t23-,24-,27?/m1/s1. The van der Waals surface area contributed by atoms with Gasteiger partial charge in [0, 0.05) is 40.0 Å². The molecule has 4 rings (SSSR count). The van der Waals surface area contributed by atoms with Crippen molar-refractivity contribution in [3.05, 3.63) is 46.3 Å². The molecule has 2 fully saturated rings. The Balaban J connectivity index is 1.35. The molecular weight excluding hydrogens is 523 g/mol. The highest BCUT2D eigenvalue weighted by Gasteiger charge is 2.48. The van der Waals surface area contributed by atoms with Gasteiger partial charge in [-0.2, -0.15) is 0 Å². The Kier molecular flexibility index (Phi) is 9.01. The minimum absolute atomic E-state index is 0.0105. The van der Waals surface area contributed by atoms with Crippen molar-refractivity contribution in [3.63, 3.8) is 0 Å². The number of sulfone groups is 1. The number of anilines is 1. The number of hydrogen-bond donors (Lipinski definition) is 1. The molecule has 0 amide bonds. The highest BCUT2D eigenvalue weighted by atomic mass is 32.2. The van der Waals surface area contributed by atoms with Gasteiger partial charge in [0.15, 0.2) is 15.7 Å². The highest BCUT2D eigenvalue weighted by molar-refractivity contribution is 7.91. The molecule has 0 radical (unpaired) electrons. The van der Waals surface area contributed by atoms with Crippen LogP contribution in [0.1, 0.15) is 31.9 Å². The molecule has 0 spiro atoms. The molecule has 1 saturated heterocycles. The van der Waals surface area contributed by atoms with Gasteiger partial charge in [-0.25, -0.2) is 17.8 Å². The molecule has 3 aliphatic rings. The van der Waals surface area contributed by atoms with Crippen molar-refractivity contribution in [2.24, 2.45) is 11.3 Å². The average molecular weight is 567 g/mol. The van der Waals surface area contributed by atoms with Crippen LogP contribution in [0.15, 0.2) is 35.0 Å². The van der Waals surface area contributed by atoms with E-state index in [0.717, 1.165) is 37.5 Å². The Labute approximate surface area is 227 Å². The van der Waals surface area contributed by atoms with Crippen molar-refractivity contribution in [1.82, 2.24) is 14.9 Å². The summed E-state index contributed by atoms with van der Waals surface area (Å²) < 4.78 is 44.7. The summed E-state index contributed by atoms with van der Waals surface area (Å²) in [6.45, 7) is 11.2. The number of nitrogens with one attached hydrogen (secondary N) is 1. The third kappa shape index (κ3) is 7.86. The van der Waals surface area contributed by atoms with Crippen molar-refractivity contribution >= 4 is 23.7 Å². The second-order valence-corrected chi connectivity index (χ2v) is 20.4. The van der Waals surface area contributed by atoms with Crippen molar-refractivity contribution in [3.8, 4) is 0 Å². The van der Waals surface area contributed by atoms with Crippen LogP contribution in [-0.2, 0) is 27.7 Å². The number of allylic oxidation sites excluding steroid dienone is 4. The Morgan fingerprint density at radius 3 is 2.66 bits per heavy atom. The number of aromatic nitrogens is 2. The van der Waals surface area contributed by atoms with E-state index >= 15 is 0 Å². The van der Waals surface area contributed by atoms with Gasteiger partial charge in [0.1, 0.15) is 12.6 Å². The lowest BCUT2D eigenvalue weighted by Crippen LogP contribution is -2.44. The monoisotopic (exact) mass is 566 g/mol. The highest BCUT2D eigenvalue weighted by Crippen LogP contribution is 2.50. The summed E-state index contributed by atoms with van der Waals surface area (Å²) in [5.74, 6) is 0.757. The molecule has 1 unspecified atom stereocenters. The third-order valence-corrected chi connectivity index (χ3v) is 11.2. The molecule has 11 heteroatoms. The molecule has 8 nitrogen and oxygen atoms in total. The van der Waals surface area contributed by atoms with Gasteiger partial charge in [-0.3, -0.25) is 9.36 Å². The molecule has 2 aliphatic carbocycles. The maximum absolute atomic E-state index is 13.4. The molecular formula is C27H43FN4O4SSi. The number of hydrogen-bond acceptors (Lipinski definition) is 7. The Morgan fingerprint density at radius 1 is 1.26 bits per heavy atom. The van der Waals surface area contributed by atoms with Gasteiger partial charge in [-0.15, -0.1) is 0 Å². The van der Waals surface area contributed by atoms with Crippen molar-refractivity contribution in [1.29, 1.82) is 0 Å². The molecule has 1 aromatic rings. The summed E-state index contributed by atoms with van der Waals surface area (Å²) in [5, 5.41) is 3.64. The van der Waals surface area contributed by atoms with Crippen molar-refractivity contribution < 1.29 is 17.5 Å². The summed E-state index contributed by atoms with van der Waals surface area (Å²) in [6, 6.07) is 1.46. The fraction of sp³-hybridized carbons (Fsp3) is 0.704. The molecule has 0 bridgehead atoms. The third-order valence-electron chi connectivity index (χ3n) is 7.89. The lowest BCUT2D eigenvalue weighted by atomic mass is 9.78. The van der Waals surface area contributed by atoms with Crippen molar-refractivity contribution in [2.45, 2.75) is 71.1 Å². The van der Waals surface area contributed by atoms with E-state index in [4.69, 9.17) is 4.74 Å². The van der Waals surface area contributed by atoms with Gasteiger partial charge >= 0.3 is 0 Å². The molecule has 38 heavy (non-hydrogen) atoms. The second-order valence-electron chi connectivity index (χ2n) is 12.5. The number of ether oxygens (including phenoxy) is 1. The van der Waals surface area contributed by atoms with Crippen LogP contribution in [0.4, 0.5) is 10.2 Å². The van der Waals surface area contributed by atoms with Gasteiger partial charge in [-0.1, -0.05) is 32.6 Å². The fourth-order valence-electron chi connectivity index (χ4n) is 5.17. The van der Waals surface area contributed by atoms with E-state index in [-0.39, 0.29) is 48.1 Å². The van der Waals surface area contributed by atoms with Gasteiger partial charge in [-0.05, 0) is 61.8 Å². The maximum atomic E-state index is 13.4. The smallest absolute Gasteiger partial charge is 0.295 e. The van der Waals surface area contributed by atoms with Crippen LogP contribution >= 0.6 is 0 Å². The number of rotatable bonds is 12. The zero-order valence-electron chi connectivity index (χ0n) is 23.2. The van der Waals surface area contributed by atoms with Crippen LogP contribution in [0.3, 0.4) is 0 Å². The van der Waals surface area contributed by atoms with Crippen LogP contribution in [0.2, 0.25) is 25.7 Å². The molecule has 0 aromatic carbocycles. The van der Waals surface area contributed by atoms with E-state index in [9.17, 15) is 17.6 Å².